The molecule has 0 aliphatic rings. The van der Waals surface area contributed by atoms with Crippen LogP contribution in [-0.4, -0.2) is 6.21 Å². The second-order valence-electron chi connectivity index (χ2n) is 3.40. The summed E-state index contributed by atoms with van der Waals surface area (Å²) in [6.45, 7) is 0. The van der Waals surface area contributed by atoms with Crippen molar-refractivity contribution in [1.82, 2.24) is 0 Å². The van der Waals surface area contributed by atoms with Gasteiger partial charge in [0, 0.05) is 10.0 Å². The van der Waals surface area contributed by atoms with Crippen molar-refractivity contribution in [1.29, 1.82) is 0 Å². The Hall–Kier alpha value is -1.68. The molecule has 0 atom stereocenters. The number of benzene rings is 2. The third-order valence-corrected chi connectivity index (χ3v) is 2.68. The molecule has 0 bridgehead atoms. The molecule has 17 heavy (non-hydrogen) atoms. The van der Waals surface area contributed by atoms with E-state index in [2.05, 4.69) is 26.5 Å². The summed E-state index contributed by atoms with van der Waals surface area (Å²) < 4.78 is 14.2. The Kier molecular flexibility index (Phi) is 3.88. The van der Waals surface area contributed by atoms with Gasteiger partial charge in [0.1, 0.15) is 5.82 Å². The molecule has 0 saturated carbocycles. The monoisotopic (exact) mass is 292 g/mol. The van der Waals surface area contributed by atoms with Crippen molar-refractivity contribution in [3.05, 3.63) is 64.4 Å². The SMILES string of the molecule is Fc1ccccc1C=NNc1ccc(Br)cc1. The van der Waals surface area contributed by atoms with E-state index >= 15 is 0 Å². The Balaban J connectivity index is 2.03. The number of anilines is 1. The normalized spacial score (nSPS) is 10.7. The van der Waals surface area contributed by atoms with Crippen LogP contribution in [0.3, 0.4) is 0 Å². The van der Waals surface area contributed by atoms with Gasteiger partial charge in [-0.2, -0.15) is 5.10 Å². The summed E-state index contributed by atoms with van der Waals surface area (Å²) in [7, 11) is 0. The molecule has 0 aromatic heterocycles. The number of hydrazone groups is 1. The molecule has 0 radical (unpaired) electrons. The first kappa shape index (κ1) is 11.8. The molecule has 0 saturated heterocycles. The average molecular weight is 293 g/mol. The lowest BCUT2D eigenvalue weighted by molar-refractivity contribution is 0.626. The van der Waals surface area contributed by atoms with E-state index in [1.165, 1.54) is 12.3 Å². The van der Waals surface area contributed by atoms with Crippen LogP contribution in [0.1, 0.15) is 5.56 Å². The van der Waals surface area contributed by atoms with Gasteiger partial charge in [0.05, 0.1) is 11.9 Å². The third kappa shape index (κ3) is 3.39. The summed E-state index contributed by atoms with van der Waals surface area (Å²) in [4.78, 5) is 0. The highest BCUT2D eigenvalue weighted by molar-refractivity contribution is 9.10. The van der Waals surface area contributed by atoms with E-state index in [1.54, 1.807) is 18.2 Å². The van der Waals surface area contributed by atoms with E-state index in [0.29, 0.717) is 5.56 Å². The second-order valence-corrected chi connectivity index (χ2v) is 4.31. The minimum atomic E-state index is -0.283. The van der Waals surface area contributed by atoms with Crippen molar-refractivity contribution in [3.8, 4) is 0 Å². The molecule has 2 aromatic rings. The van der Waals surface area contributed by atoms with Crippen LogP contribution >= 0.6 is 15.9 Å². The number of hydrogen-bond acceptors (Lipinski definition) is 2. The van der Waals surface area contributed by atoms with Gasteiger partial charge in [-0.3, -0.25) is 5.43 Å². The summed E-state index contributed by atoms with van der Waals surface area (Å²) in [6, 6.07) is 14.1. The maximum atomic E-state index is 13.2. The molecule has 86 valence electrons. The molecule has 0 heterocycles. The van der Waals surface area contributed by atoms with Crippen LogP contribution < -0.4 is 5.43 Å². The number of rotatable bonds is 3. The van der Waals surface area contributed by atoms with Crippen LogP contribution in [0.15, 0.2) is 58.1 Å². The fourth-order valence-corrected chi connectivity index (χ4v) is 1.54. The zero-order chi connectivity index (χ0) is 12.1. The van der Waals surface area contributed by atoms with E-state index in [0.717, 1.165) is 10.2 Å². The van der Waals surface area contributed by atoms with Gasteiger partial charge >= 0.3 is 0 Å². The predicted octanol–water partition coefficient (Wildman–Crippen LogP) is 4.03. The first-order chi connectivity index (χ1) is 8.25. The topological polar surface area (TPSA) is 24.4 Å². The minimum Gasteiger partial charge on any atom is -0.279 e. The van der Waals surface area contributed by atoms with E-state index < -0.39 is 0 Å². The van der Waals surface area contributed by atoms with Crippen molar-refractivity contribution in [2.24, 2.45) is 5.10 Å². The Labute approximate surface area is 107 Å². The van der Waals surface area contributed by atoms with Crippen molar-refractivity contribution >= 4 is 27.8 Å². The zero-order valence-electron chi connectivity index (χ0n) is 8.90. The van der Waals surface area contributed by atoms with Crippen LogP contribution in [0.25, 0.3) is 0 Å². The molecular formula is C13H10BrFN2. The summed E-state index contributed by atoms with van der Waals surface area (Å²) in [5.74, 6) is -0.283. The van der Waals surface area contributed by atoms with Gasteiger partial charge in [0.15, 0.2) is 0 Å². The highest BCUT2D eigenvalue weighted by Crippen LogP contribution is 2.14. The molecule has 0 amide bonds. The van der Waals surface area contributed by atoms with Crippen molar-refractivity contribution in [2.45, 2.75) is 0 Å². The summed E-state index contributed by atoms with van der Waals surface area (Å²) >= 11 is 3.34. The average Bonchev–Trinajstić information content (AvgIpc) is 2.34. The predicted molar refractivity (Wildman–Crippen MR) is 71.8 cm³/mol. The third-order valence-electron chi connectivity index (χ3n) is 2.15. The molecule has 0 fully saturated rings. The van der Waals surface area contributed by atoms with Crippen LogP contribution in [0.4, 0.5) is 10.1 Å². The highest BCUT2D eigenvalue weighted by atomic mass is 79.9. The highest BCUT2D eigenvalue weighted by Gasteiger charge is 1.95. The number of nitrogens with one attached hydrogen (secondary N) is 1. The molecule has 2 aromatic carbocycles. The van der Waals surface area contributed by atoms with Gasteiger partial charge in [-0.15, -0.1) is 0 Å². The fourth-order valence-electron chi connectivity index (χ4n) is 1.28. The lowest BCUT2D eigenvalue weighted by Gasteiger charge is -2.00. The molecule has 0 spiro atoms. The van der Waals surface area contributed by atoms with E-state index in [1.807, 2.05) is 24.3 Å². The van der Waals surface area contributed by atoms with Crippen LogP contribution in [0.2, 0.25) is 0 Å². The minimum absolute atomic E-state index is 0.283. The molecular weight excluding hydrogens is 283 g/mol. The maximum Gasteiger partial charge on any atom is 0.132 e. The number of nitrogens with zero attached hydrogens (tertiary/aromatic N) is 1. The molecule has 0 aliphatic heterocycles. The van der Waals surface area contributed by atoms with E-state index in [4.69, 9.17) is 0 Å². The van der Waals surface area contributed by atoms with Gasteiger partial charge in [-0.1, -0.05) is 34.1 Å². The lowest BCUT2D eigenvalue weighted by atomic mass is 10.2. The first-order valence-electron chi connectivity index (χ1n) is 5.05. The molecule has 0 aliphatic carbocycles. The van der Waals surface area contributed by atoms with Crippen molar-refractivity contribution in [3.63, 3.8) is 0 Å². The summed E-state index contributed by atoms with van der Waals surface area (Å²) in [5, 5.41) is 3.97. The van der Waals surface area contributed by atoms with Crippen LogP contribution in [-0.2, 0) is 0 Å². The van der Waals surface area contributed by atoms with Crippen molar-refractivity contribution < 1.29 is 4.39 Å². The van der Waals surface area contributed by atoms with Gasteiger partial charge in [0.25, 0.3) is 0 Å². The fraction of sp³-hybridized carbons (Fsp3) is 0. The quantitative estimate of drug-likeness (QED) is 0.670. The van der Waals surface area contributed by atoms with E-state index in [-0.39, 0.29) is 5.82 Å². The summed E-state index contributed by atoms with van der Waals surface area (Å²) in [6.07, 6.45) is 1.46. The molecule has 0 unspecified atom stereocenters. The van der Waals surface area contributed by atoms with Gasteiger partial charge in [-0.05, 0) is 30.3 Å². The van der Waals surface area contributed by atoms with Crippen LogP contribution in [0, 0.1) is 5.82 Å². The number of hydrogen-bond donors (Lipinski definition) is 1. The summed E-state index contributed by atoms with van der Waals surface area (Å²) in [5.41, 5.74) is 4.13. The maximum absolute atomic E-state index is 13.2. The molecule has 4 heteroatoms. The van der Waals surface area contributed by atoms with Gasteiger partial charge in [-0.25, -0.2) is 4.39 Å². The number of halogens is 2. The van der Waals surface area contributed by atoms with Gasteiger partial charge < -0.3 is 0 Å². The van der Waals surface area contributed by atoms with E-state index in [9.17, 15) is 4.39 Å². The first-order valence-corrected chi connectivity index (χ1v) is 5.84. The standard InChI is InChI=1S/C13H10BrFN2/c14-11-5-7-12(8-6-11)17-16-9-10-3-1-2-4-13(10)15/h1-9,17H. The van der Waals surface area contributed by atoms with Crippen molar-refractivity contribution in [2.75, 3.05) is 5.43 Å². The molecule has 2 nitrogen and oxygen atoms in total. The Morgan fingerprint density at radius 3 is 2.47 bits per heavy atom. The van der Waals surface area contributed by atoms with Gasteiger partial charge in [0.2, 0.25) is 0 Å². The Bertz CT molecular complexity index is 523. The van der Waals surface area contributed by atoms with Crippen LogP contribution in [0.5, 0.6) is 0 Å². The second kappa shape index (κ2) is 5.59. The molecule has 1 N–H and O–H groups in total. The zero-order valence-corrected chi connectivity index (χ0v) is 10.5. The Morgan fingerprint density at radius 2 is 1.76 bits per heavy atom. The lowest BCUT2D eigenvalue weighted by Crippen LogP contribution is -1.92. The largest absolute Gasteiger partial charge is 0.279 e. The Morgan fingerprint density at radius 1 is 1.06 bits per heavy atom. The smallest absolute Gasteiger partial charge is 0.132 e. The molecule has 2 rings (SSSR count).